The molecular formula is C23H20N2O3S. The van der Waals surface area contributed by atoms with E-state index in [1.807, 2.05) is 31.2 Å². The number of pyridine rings is 1. The fourth-order valence-electron chi connectivity index (χ4n) is 3.16. The summed E-state index contributed by atoms with van der Waals surface area (Å²) in [5, 5.41) is 0.787. The molecule has 29 heavy (non-hydrogen) atoms. The number of ether oxygens (including phenoxy) is 2. The minimum Gasteiger partial charge on any atom is -0.493 e. The quantitative estimate of drug-likeness (QED) is 0.468. The summed E-state index contributed by atoms with van der Waals surface area (Å²) in [7, 11) is 3.09. The van der Waals surface area contributed by atoms with E-state index in [0.29, 0.717) is 27.6 Å². The molecule has 4 rings (SSSR count). The standard InChI is InChI=1S/C23H20N2O3S/c1-13-4-6-14(7-5-13)17-10-9-16-20(24)22(29-23(16)25-17)21(26)15-8-11-18(27-2)19(12-15)28-3/h4-12H,24H2,1-3H3. The predicted octanol–water partition coefficient (Wildman–Crippen LogP) is 5.10. The smallest absolute Gasteiger partial charge is 0.205 e. The van der Waals surface area contributed by atoms with Gasteiger partial charge in [0.15, 0.2) is 11.5 Å². The molecule has 2 aromatic heterocycles. The first kappa shape index (κ1) is 19.0. The molecule has 0 saturated heterocycles. The van der Waals surface area contributed by atoms with Crippen molar-refractivity contribution >= 4 is 33.0 Å². The number of aryl methyl sites for hydroxylation is 1. The lowest BCUT2D eigenvalue weighted by Gasteiger charge is -2.08. The fraction of sp³-hybridized carbons (Fsp3) is 0.130. The van der Waals surface area contributed by atoms with Crippen LogP contribution in [0.4, 0.5) is 5.69 Å². The number of nitrogens with zero attached hydrogens (tertiary/aromatic N) is 1. The van der Waals surface area contributed by atoms with E-state index in [0.717, 1.165) is 21.5 Å². The number of nitrogen functional groups attached to an aromatic ring is 1. The van der Waals surface area contributed by atoms with Crippen LogP contribution >= 0.6 is 11.3 Å². The van der Waals surface area contributed by atoms with Gasteiger partial charge in [0.1, 0.15) is 9.71 Å². The number of carbonyl (C=O) groups excluding carboxylic acids is 1. The largest absolute Gasteiger partial charge is 0.493 e. The van der Waals surface area contributed by atoms with Crippen LogP contribution in [-0.2, 0) is 0 Å². The Morgan fingerprint density at radius 2 is 1.69 bits per heavy atom. The minimum absolute atomic E-state index is 0.164. The van der Waals surface area contributed by atoms with Crippen molar-refractivity contribution in [2.45, 2.75) is 6.92 Å². The molecule has 0 aliphatic heterocycles. The molecule has 0 spiro atoms. The molecule has 2 N–H and O–H groups in total. The average molecular weight is 404 g/mol. The highest BCUT2D eigenvalue weighted by Crippen LogP contribution is 2.37. The molecule has 0 amide bonds. The second-order valence-corrected chi connectivity index (χ2v) is 7.66. The number of carbonyl (C=O) groups is 1. The molecule has 0 unspecified atom stereocenters. The van der Waals surface area contributed by atoms with E-state index in [4.69, 9.17) is 20.2 Å². The third kappa shape index (κ3) is 3.43. The number of hydrogen-bond acceptors (Lipinski definition) is 6. The van der Waals surface area contributed by atoms with E-state index >= 15 is 0 Å². The molecule has 2 aromatic carbocycles. The Kier molecular flexibility index (Phi) is 4.94. The normalized spacial score (nSPS) is 10.9. The Morgan fingerprint density at radius 3 is 2.38 bits per heavy atom. The molecule has 2 heterocycles. The van der Waals surface area contributed by atoms with Crippen LogP contribution in [0.25, 0.3) is 21.5 Å². The third-order valence-electron chi connectivity index (χ3n) is 4.79. The van der Waals surface area contributed by atoms with Gasteiger partial charge in [-0.15, -0.1) is 11.3 Å². The van der Waals surface area contributed by atoms with E-state index in [2.05, 4.69) is 12.1 Å². The van der Waals surface area contributed by atoms with Crippen LogP contribution < -0.4 is 15.2 Å². The zero-order valence-corrected chi connectivity index (χ0v) is 17.2. The summed E-state index contributed by atoms with van der Waals surface area (Å²) in [4.78, 5) is 19.1. The predicted molar refractivity (Wildman–Crippen MR) is 117 cm³/mol. The number of aromatic nitrogens is 1. The summed E-state index contributed by atoms with van der Waals surface area (Å²) in [5.74, 6) is 0.902. The van der Waals surface area contributed by atoms with Crippen LogP contribution in [0.3, 0.4) is 0 Å². The molecule has 0 fully saturated rings. The number of hydrogen-bond donors (Lipinski definition) is 1. The molecule has 4 aromatic rings. The van der Waals surface area contributed by atoms with Gasteiger partial charge < -0.3 is 15.2 Å². The number of benzene rings is 2. The van der Waals surface area contributed by atoms with Gasteiger partial charge in [0, 0.05) is 16.5 Å². The van der Waals surface area contributed by atoms with E-state index in [1.54, 1.807) is 25.3 Å². The topological polar surface area (TPSA) is 74.4 Å². The van der Waals surface area contributed by atoms with Crippen molar-refractivity contribution in [2.24, 2.45) is 0 Å². The molecule has 0 aliphatic carbocycles. The van der Waals surface area contributed by atoms with Crippen molar-refractivity contribution in [3.8, 4) is 22.8 Å². The Hall–Kier alpha value is -3.38. The van der Waals surface area contributed by atoms with Gasteiger partial charge >= 0.3 is 0 Å². The summed E-state index contributed by atoms with van der Waals surface area (Å²) in [5.41, 5.74) is 10.3. The lowest BCUT2D eigenvalue weighted by Crippen LogP contribution is -2.03. The van der Waals surface area contributed by atoms with Crippen molar-refractivity contribution in [1.29, 1.82) is 0 Å². The highest BCUT2D eigenvalue weighted by molar-refractivity contribution is 7.21. The Balaban J connectivity index is 1.75. The summed E-state index contributed by atoms with van der Waals surface area (Å²) < 4.78 is 10.6. The Labute approximate surface area is 172 Å². The van der Waals surface area contributed by atoms with Gasteiger partial charge in [-0.05, 0) is 37.3 Å². The van der Waals surface area contributed by atoms with Gasteiger partial charge in [-0.3, -0.25) is 4.79 Å². The second kappa shape index (κ2) is 7.56. The molecule has 0 atom stereocenters. The number of anilines is 1. The molecule has 0 saturated carbocycles. The van der Waals surface area contributed by atoms with Crippen LogP contribution in [0.5, 0.6) is 11.5 Å². The summed E-state index contributed by atoms with van der Waals surface area (Å²) in [6.07, 6.45) is 0. The molecule has 0 aliphatic rings. The maximum Gasteiger partial charge on any atom is 0.205 e. The molecule has 146 valence electrons. The van der Waals surface area contributed by atoms with Crippen LogP contribution in [0, 0.1) is 6.92 Å². The zero-order chi connectivity index (χ0) is 20.5. The molecular weight excluding hydrogens is 384 g/mol. The summed E-state index contributed by atoms with van der Waals surface area (Å²) in [6.45, 7) is 2.05. The lowest BCUT2D eigenvalue weighted by molar-refractivity contribution is 0.104. The first-order valence-electron chi connectivity index (χ1n) is 9.04. The van der Waals surface area contributed by atoms with Crippen molar-refractivity contribution in [3.05, 3.63) is 70.6 Å². The van der Waals surface area contributed by atoms with Gasteiger partial charge in [-0.2, -0.15) is 0 Å². The van der Waals surface area contributed by atoms with Crippen molar-refractivity contribution in [2.75, 3.05) is 20.0 Å². The summed E-state index contributed by atoms with van der Waals surface area (Å²) in [6, 6.07) is 17.1. The SMILES string of the molecule is COc1ccc(C(=O)c2sc3nc(-c4ccc(C)cc4)ccc3c2N)cc1OC. The first-order chi connectivity index (χ1) is 14.0. The number of rotatable bonds is 5. The van der Waals surface area contributed by atoms with Gasteiger partial charge in [-0.1, -0.05) is 29.8 Å². The number of nitrogens with two attached hydrogens (primary N) is 1. The van der Waals surface area contributed by atoms with E-state index in [1.165, 1.54) is 24.0 Å². The minimum atomic E-state index is -0.164. The lowest BCUT2D eigenvalue weighted by atomic mass is 10.1. The van der Waals surface area contributed by atoms with Crippen LogP contribution in [-0.4, -0.2) is 25.0 Å². The maximum atomic E-state index is 13.1. The highest BCUT2D eigenvalue weighted by atomic mass is 32.1. The Morgan fingerprint density at radius 1 is 0.966 bits per heavy atom. The monoisotopic (exact) mass is 404 g/mol. The van der Waals surface area contributed by atoms with E-state index in [9.17, 15) is 4.79 Å². The van der Waals surface area contributed by atoms with E-state index < -0.39 is 0 Å². The third-order valence-corrected chi connectivity index (χ3v) is 5.91. The number of thiophene rings is 1. The first-order valence-corrected chi connectivity index (χ1v) is 9.86. The molecule has 0 bridgehead atoms. The molecule has 0 radical (unpaired) electrons. The maximum absolute atomic E-state index is 13.1. The fourth-order valence-corrected chi connectivity index (χ4v) is 4.22. The zero-order valence-electron chi connectivity index (χ0n) is 16.4. The average Bonchev–Trinajstić information content (AvgIpc) is 3.09. The van der Waals surface area contributed by atoms with Crippen LogP contribution in [0.2, 0.25) is 0 Å². The molecule has 5 nitrogen and oxygen atoms in total. The Bertz CT molecular complexity index is 1210. The van der Waals surface area contributed by atoms with Crippen molar-refractivity contribution in [3.63, 3.8) is 0 Å². The van der Waals surface area contributed by atoms with Gasteiger partial charge in [0.05, 0.1) is 25.6 Å². The van der Waals surface area contributed by atoms with Gasteiger partial charge in [0.2, 0.25) is 5.78 Å². The van der Waals surface area contributed by atoms with Gasteiger partial charge in [0.25, 0.3) is 0 Å². The number of ketones is 1. The van der Waals surface area contributed by atoms with E-state index in [-0.39, 0.29) is 5.78 Å². The summed E-state index contributed by atoms with van der Waals surface area (Å²) >= 11 is 1.30. The number of fused-ring (bicyclic) bond motifs is 1. The van der Waals surface area contributed by atoms with Crippen molar-refractivity contribution < 1.29 is 14.3 Å². The highest BCUT2D eigenvalue weighted by Gasteiger charge is 2.20. The van der Waals surface area contributed by atoms with Crippen LogP contribution in [0.1, 0.15) is 20.8 Å². The second-order valence-electron chi connectivity index (χ2n) is 6.66. The van der Waals surface area contributed by atoms with Crippen molar-refractivity contribution in [1.82, 2.24) is 4.98 Å². The number of methoxy groups -OCH3 is 2. The van der Waals surface area contributed by atoms with Gasteiger partial charge in [-0.25, -0.2) is 4.98 Å². The molecule has 6 heteroatoms. The van der Waals surface area contributed by atoms with Crippen LogP contribution in [0.15, 0.2) is 54.6 Å².